The van der Waals surface area contributed by atoms with E-state index in [1.165, 1.54) is 0 Å². The molecular weight excluding hydrogens is 166 g/mol. The maximum atomic E-state index is 10.6. The molecule has 2 atom stereocenters. The molecule has 0 radical (unpaired) electrons. The van der Waals surface area contributed by atoms with Gasteiger partial charge in [-0.1, -0.05) is 0 Å². The van der Waals surface area contributed by atoms with Crippen molar-refractivity contribution in [3.8, 4) is 0 Å². The molecule has 4 nitrogen and oxygen atoms in total. The van der Waals surface area contributed by atoms with Gasteiger partial charge in [0.2, 0.25) is 5.91 Å². The van der Waals surface area contributed by atoms with E-state index in [2.05, 4.69) is 11.8 Å². The van der Waals surface area contributed by atoms with Gasteiger partial charge in [0.25, 0.3) is 0 Å². The fraction of sp³-hybridized carbons (Fsp3) is 0.889. The van der Waals surface area contributed by atoms with Crippen LogP contribution >= 0.6 is 0 Å². The average Bonchev–Trinajstić information content (AvgIpc) is 2.43. The van der Waals surface area contributed by atoms with Gasteiger partial charge in [-0.05, 0) is 25.8 Å². The van der Waals surface area contributed by atoms with Crippen LogP contribution in [0.15, 0.2) is 0 Å². The van der Waals surface area contributed by atoms with Crippen LogP contribution in [0.5, 0.6) is 0 Å². The van der Waals surface area contributed by atoms with E-state index in [4.69, 9.17) is 11.5 Å². The first-order valence-electron chi connectivity index (χ1n) is 4.86. The standard InChI is InChI=1S/C9H19N3O/c1-7-4-8(5-10)6-12(7)3-2-9(11)13/h7-8H,2-6,10H2,1H3,(H2,11,13). The maximum absolute atomic E-state index is 10.6. The van der Waals surface area contributed by atoms with Crippen molar-refractivity contribution in [2.75, 3.05) is 19.6 Å². The molecule has 1 fully saturated rings. The molecular formula is C9H19N3O. The highest BCUT2D eigenvalue weighted by Gasteiger charge is 2.27. The summed E-state index contributed by atoms with van der Waals surface area (Å²) >= 11 is 0. The van der Waals surface area contributed by atoms with E-state index in [9.17, 15) is 4.79 Å². The number of rotatable bonds is 4. The monoisotopic (exact) mass is 185 g/mol. The van der Waals surface area contributed by atoms with Gasteiger partial charge in [0.1, 0.15) is 0 Å². The van der Waals surface area contributed by atoms with Gasteiger partial charge in [-0.3, -0.25) is 9.69 Å². The molecule has 1 rings (SSSR count). The summed E-state index contributed by atoms with van der Waals surface area (Å²) in [6.45, 7) is 4.73. The number of hydrogen-bond donors (Lipinski definition) is 2. The summed E-state index contributed by atoms with van der Waals surface area (Å²) in [5, 5.41) is 0. The molecule has 1 saturated heterocycles. The van der Waals surface area contributed by atoms with Crippen LogP contribution in [0.25, 0.3) is 0 Å². The van der Waals surface area contributed by atoms with Gasteiger partial charge in [-0.2, -0.15) is 0 Å². The van der Waals surface area contributed by atoms with Gasteiger partial charge >= 0.3 is 0 Å². The van der Waals surface area contributed by atoms with E-state index in [1.54, 1.807) is 0 Å². The largest absolute Gasteiger partial charge is 0.370 e. The van der Waals surface area contributed by atoms with Crippen LogP contribution in [-0.2, 0) is 4.79 Å². The number of primary amides is 1. The van der Waals surface area contributed by atoms with E-state index in [0.717, 1.165) is 26.1 Å². The summed E-state index contributed by atoms with van der Waals surface area (Å²) in [5.74, 6) is 0.381. The molecule has 2 unspecified atom stereocenters. The van der Waals surface area contributed by atoms with Crippen molar-refractivity contribution >= 4 is 5.91 Å². The molecule has 0 bridgehead atoms. The average molecular weight is 185 g/mol. The minimum Gasteiger partial charge on any atom is -0.370 e. The van der Waals surface area contributed by atoms with Gasteiger partial charge in [-0.15, -0.1) is 0 Å². The van der Waals surface area contributed by atoms with Gasteiger partial charge in [0.15, 0.2) is 0 Å². The lowest BCUT2D eigenvalue weighted by Crippen LogP contribution is -2.31. The quantitative estimate of drug-likeness (QED) is 0.622. The SMILES string of the molecule is CC1CC(CN)CN1CCC(N)=O. The Morgan fingerprint density at radius 2 is 2.31 bits per heavy atom. The molecule has 1 aliphatic rings. The molecule has 0 aromatic rings. The Morgan fingerprint density at radius 3 is 2.77 bits per heavy atom. The first-order chi connectivity index (χ1) is 6.13. The number of nitrogens with zero attached hydrogens (tertiary/aromatic N) is 1. The zero-order valence-corrected chi connectivity index (χ0v) is 8.20. The highest BCUT2D eigenvalue weighted by molar-refractivity contribution is 5.73. The number of nitrogens with two attached hydrogens (primary N) is 2. The smallest absolute Gasteiger partial charge is 0.218 e. The van der Waals surface area contributed by atoms with Gasteiger partial charge < -0.3 is 11.5 Å². The summed E-state index contributed by atoms with van der Waals surface area (Å²) in [6, 6.07) is 0.549. The third kappa shape index (κ3) is 2.97. The van der Waals surface area contributed by atoms with Crippen LogP contribution in [0.3, 0.4) is 0 Å². The highest BCUT2D eigenvalue weighted by Crippen LogP contribution is 2.21. The van der Waals surface area contributed by atoms with Crippen molar-refractivity contribution in [2.24, 2.45) is 17.4 Å². The van der Waals surface area contributed by atoms with E-state index >= 15 is 0 Å². The Kier molecular flexibility index (Phi) is 3.69. The second-order valence-electron chi connectivity index (χ2n) is 3.90. The number of carbonyl (C=O) groups excluding carboxylic acids is 1. The predicted molar refractivity (Wildman–Crippen MR) is 52.0 cm³/mol. The summed E-state index contributed by atoms with van der Waals surface area (Å²) in [7, 11) is 0. The first-order valence-corrected chi connectivity index (χ1v) is 4.86. The number of likely N-dealkylation sites (tertiary alicyclic amines) is 1. The lowest BCUT2D eigenvalue weighted by atomic mass is 10.1. The molecule has 1 aliphatic heterocycles. The van der Waals surface area contributed by atoms with Crippen molar-refractivity contribution in [3.63, 3.8) is 0 Å². The van der Waals surface area contributed by atoms with Gasteiger partial charge in [-0.25, -0.2) is 0 Å². The Balaban J connectivity index is 2.30. The zero-order valence-electron chi connectivity index (χ0n) is 8.20. The third-order valence-electron chi connectivity index (χ3n) is 2.77. The van der Waals surface area contributed by atoms with Crippen molar-refractivity contribution in [1.29, 1.82) is 0 Å². The summed E-state index contributed by atoms with van der Waals surface area (Å²) in [5.41, 5.74) is 10.7. The molecule has 0 saturated carbocycles. The summed E-state index contributed by atoms with van der Waals surface area (Å²) < 4.78 is 0. The lowest BCUT2D eigenvalue weighted by Gasteiger charge is -2.19. The molecule has 0 aliphatic carbocycles. The number of carbonyl (C=O) groups is 1. The molecule has 0 aromatic carbocycles. The Morgan fingerprint density at radius 1 is 1.62 bits per heavy atom. The van der Waals surface area contributed by atoms with Gasteiger partial charge in [0, 0.05) is 25.6 Å². The second-order valence-corrected chi connectivity index (χ2v) is 3.90. The molecule has 76 valence electrons. The highest BCUT2D eigenvalue weighted by atomic mass is 16.1. The maximum Gasteiger partial charge on any atom is 0.218 e. The fourth-order valence-corrected chi connectivity index (χ4v) is 1.95. The van der Waals surface area contributed by atoms with Crippen molar-refractivity contribution < 1.29 is 4.79 Å². The second kappa shape index (κ2) is 4.58. The lowest BCUT2D eigenvalue weighted by molar-refractivity contribution is -0.118. The molecule has 1 amide bonds. The molecule has 4 N–H and O–H groups in total. The van der Waals surface area contributed by atoms with Crippen LogP contribution < -0.4 is 11.5 Å². The molecule has 0 spiro atoms. The number of amides is 1. The van der Waals surface area contributed by atoms with E-state index in [-0.39, 0.29) is 5.91 Å². The molecule has 0 aromatic heterocycles. The van der Waals surface area contributed by atoms with E-state index in [1.807, 2.05) is 0 Å². The number of hydrogen-bond acceptors (Lipinski definition) is 3. The molecule has 13 heavy (non-hydrogen) atoms. The minimum atomic E-state index is -0.219. The Labute approximate surface area is 79.3 Å². The topological polar surface area (TPSA) is 72.3 Å². The van der Waals surface area contributed by atoms with Crippen molar-refractivity contribution in [1.82, 2.24) is 4.90 Å². The van der Waals surface area contributed by atoms with Gasteiger partial charge in [0.05, 0.1) is 0 Å². The first kappa shape index (κ1) is 10.5. The molecule has 1 heterocycles. The van der Waals surface area contributed by atoms with Crippen LogP contribution in [0.4, 0.5) is 0 Å². The predicted octanol–water partition coefficient (Wildman–Crippen LogP) is -0.469. The normalized spacial score (nSPS) is 29.4. The summed E-state index contributed by atoms with van der Waals surface area (Å²) in [4.78, 5) is 12.9. The van der Waals surface area contributed by atoms with Crippen LogP contribution in [0, 0.1) is 5.92 Å². The molecule has 4 heteroatoms. The zero-order chi connectivity index (χ0) is 9.84. The minimum absolute atomic E-state index is 0.219. The Bertz CT molecular complexity index is 184. The summed E-state index contributed by atoms with van der Waals surface area (Å²) in [6.07, 6.45) is 1.61. The van der Waals surface area contributed by atoms with E-state index in [0.29, 0.717) is 18.4 Å². The van der Waals surface area contributed by atoms with Crippen molar-refractivity contribution in [2.45, 2.75) is 25.8 Å². The van der Waals surface area contributed by atoms with Crippen LogP contribution in [-0.4, -0.2) is 36.5 Å². The fourth-order valence-electron chi connectivity index (χ4n) is 1.95. The third-order valence-corrected chi connectivity index (χ3v) is 2.77. The Hall–Kier alpha value is -0.610. The van der Waals surface area contributed by atoms with Crippen LogP contribution in [0.2, 0.25) is 0 Å². The van der Waals surface area contributed by atoms with Crippen LogP contribution in [0.1, 0.15) is 19.8 Å². The van der Waals surface area contributed by atoms with E-state index < -0.39 is 0 Å². The van der Waals surface area contributed by atoms with Crippen molar-refractivity contribution in [3.05, 3.63) is 0 Å².